The molecule has 0 aliphatic carbocycles. The van der Waals surface area contributed by atoms with Crippen LogP contribution in [-0.4, -0.2) is 35.7 Å². The van der Waals surface area contributed by atoms with Crippen LogP contribution in [0.25, 0.3) is 0 Å². The molecule has 1 N–H and O–H groups in total. The predicted molar refractivity (Wildman–Crippen MR) is 70.1 cm³/mol. The third kappa shape index (κ3) is 2.89. The van der Waals surface area contributed by atoms with Crippen molar-refractivity contribution >= 4 is 12.4 Å². The summed E-state index contributed by atoms with van der Waals surface area (Å²) in [5.41, 5.74) is 0.103. The lowest BCUT2D eigenvalue weighted by molar-refractivity contribution is -0.282. The Morgan fingerprint density at radius 2 is 1.79 bits per heavy atom. The summed E-state index contributed by atoms with van der Waals surface area (Å²) in [6, 6.07) is 2.71. The maximum Gasteiger partial charge on any atom is 0.208 e. The van der Waals surface area contributed by atoms with E-state index < -0.39 is 23.5 Å². The summed E-state index contributed by atoms with van der Waals surface area (Å²) < 4.78 is 31.9. The van der Waals surface area contributed by atoms with Gasteiger partial charge in [0.25, 0.3) is 0 Å². The second kappa shape index (κ2) is 5.71. The molecule has 19 heavy (non-hydrogen) atoms. The van der Waals surface area contributed by atoms with E-state index in [0.29, 0.717) is 6.61 Å². The number of ether oxygens (including phenoxy) is 1. The molecule has 0 bridgehead atoms. The zero-order chi connectivity index (χ0) is 13.5. The van der Waals surface area contributed by atoms with E-state index in [1.54, 1.807) is 6.92 Å². The van der Waals surface area contributed by atoms with Crippen molar-refractivity contribution in [3.05, 3.63) is 35.4 Å². The maximum absolute atomic E-state index is 13.2. The topological polar surface area (TPSA) is 32.7 Å². The average molecular weight is 294 g/mol. The minimum absolute atomic E-state index is 0. The summed E-state index contributed by atoms with van der Waals surface area (Å²) in [4.78, 5) is 1.92. The predicted octanol–water partition coefficient (Wildman–Crippen LogP) is 2.27. The van der Waals surface area contributed by atoms with Crippen LogP contribution in [0.4, 0.5) is 8.78 Å². The molecule has 0 saturated carbocycles. The minimum atomic E-state index is -1.69. The molecule has 3 atom stereocenters. The highest BCUT2D eigenvalue weighted by atomic mass is 35.5. The molecule has 6 heteroatoms. The molecule has 2 rings (SSSR count). The van der Waals surface area contributed by atoms with Crippen LogP contribution in [0.1, 0.15) is 19.4 Å². The molecule has 0 radical (unpaired) electrons. The molecule has 1 aliphatic heterocycles. The Balaban J connectivity index is 0.00000180. The molecule has 0 aromatic heterocycles. The fraction of sp³-hybridized carbons (Fsp3) is 0.538. The lowest BCUT2D eigenvalue weighted by Gasteiger charge is -2.46. The highest BCUT2D eigenvalue weighted by Crippen LogP contribution is 2.34. The van der Waals surface area contributed by atoms with Crippen molar-refractivity contribution in [3.63, 3.8) is 0 Å². The monoisotopic (exact) mass is 293 g/mol. The van der Waals surface area contributed by atoms with Gasteiger partial charge in [0.15, 0.2) is 0 Å². The Labute approximate surface area is 117 Å². The van der Waals surface area contributed by atoms with Crippen LogP contribution < -0.4 is 0 Å². The van der Waals surface area contributed by atoms with Crippen molar-refractivity contribution in [2.45, 2.75) is 31.7 Å². The van der Waals surface area contributed by atoms with Gasteiger partial charge in [-0.15, -0.1) is 12.4 Å². The lowest BCUT2D eigenvalue weighted by atomic mass is 9.95. The minimum Gasteiger partial charge on any atom is -0.361 e. The van der Waals surface area contributed by atoms with Crippen LogP contribution in [0.5, 0.6) is 0 Å². The molecule has 1 aromatic rings. The van der Waals surface area contributed by atoms with Gasteiger partial charge in [-0.2, -0.15) is 0 Å². The standard InChI is InChI=1S/C13H17F2NO2.ClH/c1-8-7-18-13(17,9(2)16(8)3)10-4-11(14)6-12(15)5-10;/h4-6,8-9,17H,7H2,1-3H3;1H/t8-,9+,13-;/m0./s1. The number of aliphatic hydroxyl groups is 1. The Hall–Kier alpha value is -0.750. The molecule has 1 fully saturated rings. The molecule has 0 spiro atoms. The van der Waals surface area contributed by atoms with E-state index in [-0.39, 0.29) is 24.0 Å². The van der Waals surface area contributed by atoms with Gasteiger partial charge < -0.3 is 9.84 Å². The van der Waals surface area contributed by atoms with Gasteiger partial charge in [0.1, 0.15) is 11.6 Å². The molecule has 1 aromatic carbocycles. The van der Waals surface area contributed by atoms with Crippen molar-refractivity contribution in [1.82, 2.24) is 4.90 Å². The molecule has 1 heterocycles. The summed E-state index contributed by atoms with van der Waals surface area (Å²) in [5, 5.41) is 10.6. The van der Waals surface area contributed by atoms with E-state index in [2.05, 4.69) is 0 Å². The van der Waals surface area contributed by atoms with Crippen molar-refractivity contribution < 1.29 is 18.6 Å². The van der Waals surface area contributed by atoms with Gasteiger partial charge in [-0.3, -0.25) is 4.90 Å². The maximum atomic E-state index is 13.2. The number of hydrogen-bond acceptors (Lipinski definition) is 3. The summed E-state index contributed by atoms with van der Waals surface area (Å²) in [7, 11) is 1.85. The number of likely N-dealkylation sites (N-methyl/N-ethyl adjacent to an activating group) is 1. The normalized spacial score (nSPS) is 31.9. The number of halogens is 3. The molecular formula is C13H18ClF2NO2. The largest absolute Gasteiger partial charge is 0.361 e. The smallest absolute Gasteiger partial charge is 0.208 e. The molecule has 108 valence electrons. The molecule has 1 aliphatic rings. The number of rotatable bonds is 1. The first-order chi connectivity index (χ1) is 8.34. The Bertz CT molecular complexity index is 440. The van der Waals surface area contributed by atoms with Crippen molar-refractivity contribution in [1.29, 1.82) is 0 Å². The SMILES string of the molecule is C[C@H]1CO[C@](O)(c2cc(F)cc(F)c2)[C@@H](C)N1C.Cl. The van der Waals surface area contributed by atoms with Crippen molar-refractivity contribution in [2.75, 3.05) is 13.7 Å². The molecule has 0 unspecified atom stereocenters. The number of nitrogens with zero attached hydrogens (tertiary/aromatic N) is 1. The Morgan fingerprint density at radius 1 is 1.26 bits per heavy atom. The van der Waals surface area contributed by atoms with Gasteiger partial charge in [0, 0.05) is 17.7 Å². The Kier molecular flexibility index (Phi) is 4.90. The molecule has 1 saturated heterocycles. The molecular weight excluding hydrogens is 276 g/mol. The lowest BCUT2D eigenvalue weighted by Crippen LogP contribution is -2.58. The fourth-order valence-electron chi connectivity index (χ4n) is 2.23. The van der Waals surface area contributed by atoms with Crippen molar-refractivity contribution in [2.24, 2.45) is 0 Å². The van der Waals surface area contributed by atoms with Crippen LogP contribution in [-0.2, 0) is 10.5 Å². The highest BCUT2D eigenvalue weighted by Gasteiger charge is 2.44. The van der Waals surface area contributed by atoms with Gasteiger partial charge in [0.2, 0.25) is 5.79 Å². The van der Waals surface area contributed by atoms with E-state index in [0.717, 1.165) is 18.2 Å². The van der Waals surface area contributed by atoms with Crippen LogP contribution in [0, 0.1) is 11.6 Å². The fourth-order valence-corrected chi connectivity index (χ4v) is 2.23. The first-order valence-electron chi connectivity index (χ1n) is 5.89. The van der Waals surface area contributed by atoms with Gasteiger partial charge in [-0.25, -0.2) is 8.78 Å². The summed E-state index contributed by atoms with van der Waals surface area (Å²) in [6.45, 7) is 4.02. The molecule has 0 amide bonds. The number of hydrogen-bond donors (Lipinski definition) is 1. The van der Waals surface area contributed by atoms with Crippen LogP contribution in [0.3, 0.4) is 0 Å². The third-order valence-corrected chi connectivity index (χ3v) is 3.69. The molecule has 3 nitrogen and oxygen atoms in total. The second-order valence-electron chi connectivity index (χ2n) is 4.86. The van der Waals surface area contributed by atoms with E-state index in [9.17, 15) is 13.9 Å². The highest BCUT2D eigenvalue weighted by molar-refractivity contribution is 5.85. The number of morpholine rings is 1. The summed E-state index contributed by atoms with van der Waals surface area (Å²) in [6.07, 6.45) is 0. The van der Waals surface area contributed by atoms with Gasteiger partial charge in [-0.05, 0) is 33.0 Å². The van der Waals surface area contributed by atoms with Gasteiger partial charge in [-0.1, -0.05) is 0 Å². The van der Waals surface area contributed by atoms with E-state index in [1.165, 1.54) is 0 Å². The summed E-state index contributed by atoms with van der Waals surface area (Å²) in [5.74, 6) is -3.14. The quantitative estimate of drug-likeness (QED) is 0.862. The van der Waals surface area contributed by atoms with Crippen LogP contribution >= 0.6 is 12.4 Å². The van der Waals surface area contributed by atoms with E-state index >= 15 is 0 Å². The zero-order valence-corrected chi connectivity index (χ0v) is 11.9. The third-order valence-electron chi connectivity index (χ3n) is 3.69. The van der Waals surface area contributed by atoms with E-state index in [1.807, 2.05) is 18.9 Å². The number of benzene rings is 1. The van der Waals surface area contributed by atoms with Gasteiger partial charge in [0.05, 0.1) is 12.6 Å². The van der Waals surface area contributed by atoms with Crippen molar-refractivity contribution in [3.8, 4) is 0 Å². The van der Waals surface area contributed by atoms with Gasteiger partial charge >= 0.3 is 0 Å². The van der Waals surface area contributed by atoms with Crippen LogP contribution in [0.15, 0.2) is 18.2 Å². The first kappa shape index (κ1) is 16.3. The second-order valence-corrected chi connectivity index (χ2v) is 4.86. The Morgan fingerprint density at radius 3 is 2.32 bits per heavy atom. The summed E-state index contributed by atoms with van der Waals surface area (Å²) >= 11 is 0. The van der Waals surface area contributed by atoms with Crippen LogP contribution in [0.2, 0.25) is 0 Å². The van der Waals surface area contributed by atoms with E-state index in [4.69, 9.17) is 4.74 Å². The first-order valence-corrected chi connectivity index (χ1v) is 5.89. The zero-order valence-electron chi connectivity index (χ0n) is 11.1. The average Bonchev–Trinajstić information content (AvgIpc) is 2.30.